The van der Waals surface area contributed by atoms with E-state index >= 15 is 0 Å². The summed E-state index contributed by atoms with van der Waals surface area (Å²) in [6, 6.07) is -0.353. The first-order valence-corrected chi connectivity index (χ1v) is 8.57. The molecule has 1 aliphatic rings. The molecule has 0 bridgehead atoms. The van der Waals surface area contributed by atoms with E-state index in [9.17, 15) is 18.0 Å². The molecule has 1 saturated heterocycles. The second-order valence-corrected chi connectivity index (χ2v) is 7.37. The van der Waals surface area contributed by atoms with Crippen LogP contribution in [-0.4, -0.2) is 56.0 Å². The van der Waals surface area contributed by atoms with Gasteiger partial charge in [0.1, 0.15) is 0 Å². The number of nitrogens with one attached hydrogen (secondary N) is 2. The molecule has 1 aliphatic heterocycles. The molecule has 2 unspecified atom stereocenters. The van der Waals surface area contributed by atoms with Crippen LogP contribution < -0.4 is 10.6 Å². The van der Waals surface area contributed by atoms with E-state index in [1.807, 2.05) is 6.92 Å². The molecule has 0 aliphatic carbocycles. The third-order valence-electron chi connectivity index (χ3n) is 3.36. The first-order chi connectivity index (χ1) is 9.32. The molecular weight excluding hydrogens is 284 g/mol. The van der Waals surface area contributed by atoms with Gasteiger partial charge in [0.2, 0.25) is 5.91 Å². The Balaban J connectivity index is 2.34. The number of amides is 1. The molecule has 20 heavy (non-hydrogen) atoms. The Labute approximate surface area is 119 Å². The predicted octanol–water partition coefficient (Wildman–Crippen LogP) is -0.620. The van der Waals surface area contributed by atoms with Crippen LogP contribution >= 0.6 is 0 Å². The lowest BCUT2D eigenvalue weighted by Gasteiger charge is -2.23. The van der Waals surface area contributed by atoms with Gasteiger partial charge in [-0.1, -0.05) is 13.3 Å². The van der Waals surface area contributed by atoms with Gasteiger partial charge in [0, 0.05) is 32.0 Å². The van der Waals surface area contributed by atoms with E-state index in [0.717, 1.165) is 0 Å². The lowest BCUT2D eigenvalue weighted by Crippen LogP contribution is -2.47. The first-order valence-electron chi connectivity index (χ1n) is 6.74. The Morgan fingerprint density at radius 2 is 2.15 bits per heavy atom. The zero-order chi connectivity index (χ0) is 15.2. The van der Waals surface area contributed by atoms with Gasteiger partial charge in [0.05, 0.1) is 11.5 Å². The maximum absolute atomic E-state index is 11.7. The Hall–Kier alpha value is -1.15. The average Bonchev–Trinajstić information content (AvgIpc) is 2.32. The highest BCUT2D eigenvalue weighted by atomic mass is 32.2. The largest absolute Gasteiger partial charge is 0.481 e. The highest BCUT2D eigenvalue weighted by Crippen LogP contribution is 2.08. The van der Waals surface area contributed by atoms with Crippen LogP contribution in [0, 0.1) is 5.92 Å². The second-order valence-electron chi connectivity index (χ2n) is 5.15. The smallest absolute Gasteiger partial charge is 0.303 e. The van der Waals surface area contributed by atoms with Crippen LogP contribution in [0.5, 0.6) is 0 Å². The summed E-state index contributed by atoms with van der Waals surface area (Å²) < 4.78 is 22.9. The molecule has 7 nitrogen and oxygen atoms in total. The van der Waals surface area contributed by atoms with Crippen molar-refractivity contribution in [2.24, 2.45) is 5.92 Å². The summed E-state index contributed by atoms with van der Waals surface area (Å²) in [7, 11) is -3.05. The van der Waals surface area contributed by atoms with Crippen LogP contribution in [0.1, 0.15) is 26.2 Å². The van der Waals surface area contributed by atoms with Crippen molar-refractivity contribution in [1.29, 1.82) is 0 Å². The fourth-order valence-corrected chi connectivity index (χ4v) is 3.60. The minimum Gasteiger partial charge on any atom is -0.481 e. The Bertz CT molecular complexity index is 449. The molecule has 0 radical (unpaired) electrons. The van der Waals surface area contributed by atoms with Gasteiger partial charge in [-0.15, -0.1) is 0 Å². The fraction of sp³-hybridized carbons (Fsp3) is 0.833. The van der Waals surface area contributed by atoms with Gasteiger partial charge in [0.25, 0.3) is 0 Å². The van der Waals surface area contributed by atoms with Crippen molar-refractivity contribution in [2.45, 2.75) is 32.2 Å². The molecule has 0 saturated carbocycles. The molecule has 0 aromatic heterocycles. The summed E-state index contributed by atoms with van der Waals surface area (Å²) in [5.74, 6) is -1.14. The minimum atomic E-state index is -3.05. The highest BCUT2D eigenvalue weighted by Gasteiger charge is 2.26. The van der Waals surface area contributed by atoms with Crippen molar-refractivity contribution >= 4 is 21.7 Å². The number of carboxylic acids is 1. The van der Waals surface area contributed by atoms with Crippen molar-refractivity contribution in [2.75, 3.05) is 24.6 Å². The number of aliphatic carboxylic acids is 1. The lowest BCUT2D eigenvalue weighted by molar-refractivity contribution is -0.138. The molecule has 1 rings (SSSR count). The van der Waals surface area contributed by atoms with Crippen molar-refractivity contribution in [3.63, 3.8) is 0 Å². The number of carboxylic acid groups (broad SMARTS) is 1. The van der Waals surface area contributed by atoms with E-state index in [2.05, 4.69) is 10.6 Å². The summed E-state index contributed by atoms with van der Waals surface area (Å²) in [5, 5.41) is 14.4. The van der Waals surface area contributed by atoms with E-state index in [0.29, 0.717) is 19.5 Å². The summed E-state index contributed by atoms with van der Waals surface area (Å²) >= 11 is 0. The summed E-state index contributed by atoms with van der Waals surface area (Å²) in [4.78, 5) is 22.3. The highest BCUT2D eigenvalue weighted by molar-refractivity contribution is 7.91. The van der Waals surface area contributed by atoms with Gasteiger partial charge in [-0.25, -0.2) is 8.42 Å². The van der Waals surface area contributed by atoms with Crippen LogP contribution in [0.3, 0.4) is 0 Å². The Kier molecular flexibility index (Phi) is 6.41. The predicted molar refractivity (Wildman–Crippen MR) is 74.1 cm³/mol. The SMILES string of the molecule is CCC(CNC(=O)CC1CS(=O)(=O)CCN1)CC(=O)O. The topological polar surface area (TPSA) is 113 Å². The molecular formula is C12H22N2O5S. The van der Waals surface area contributed by atoms with Gasteiger partial charge < -0.3 is 15.7 Å². The van der Waals surface area contributed by atoms with Gasteiger partial charge in [-0.3, -0.25) is 9.59 Å². The molecule has 1 fully saturated rings. The molecule has 1 amide bonds. The van der Waals surface area contributed by atoms with Crippen LogP contribution in [0.25, 0.3) is 0 Å². The zero-order valence-corrected chi connectivity index (χ0v) is 12.4. The number of carbonyl (C=O) groups excluding carboxylic acids is 1. The van der Waals surface area contributed by atoms with Crippen molar-refractivity contribution in [3.05, 3.63) is 0 Å². The van der Waals surface area contributed by atoms with Gasteiger partial charge in [-0.2, -0.15) is 0 Å². The maximum atomic E-state index is 11.7. The average molecular weight is 306 g/mol. The zero-order valence-electron chi connectivity index (χ0n) is 11.6. The maximum Gasteiger partial charge on any atom is 0.303 e. The van der Waals surface area contributed by atoms with Gasteiger partial charge in [0.15, 0.2) is 9.84 Å². The molecule has 2 atom stereocenters. The monoisotopic (exact) mass is 306 g/mol. The molecule has 3 N–H and O–H groups in total. The fourth-order valence-electron chi connectivity index (χ4n) is 2.16. The number of hydrogen-bond donors (Lipinski definition) is 3. The van der Waals surface area contributed by atoms with E-state index in [1.165, 1.54) is 0 Å². The summed E-state index contributed by atoms with van der Waals surface area (Å²) in [6.07, 6.45) is 0.790. The quantitative estimate of drug-likeness (QED) is 0.578. The van der Waals surface area contributed by atoms with Crippen LogP contribution in [-0.2, 0) is 19.4 Å². The molecule has 0 aromatic rings. The molecule has 1 heterocycles. The van der Waals surface area contributed by atoms with Crippen molar-refractivity contribution in [1.82, 2.24) is 10.6 Å². The van der Waals surface area contributed by atoms with Crippen LogP contribution in [0.2, 0.25) is 0 Å². The Morgan fingerprint density at radius 3 is 2.70 bits per heavy atom. The standard InChI is InChI=1S/C12H22N2O5S/c1-2-9(5-12(16)17)7-14-11(15)6-10-8-20(18,19)4-3-13-10/h9-10,13H,2-8H2,1H3,(H,14,15)(H,16,17). The minimum absolute atomic E-state index is 0.0207. The summed E-state index contributed by atoms with van der Waals surface area (Å²) in [6.45, 7) is 2.55. The van der Waals surface area contributed by atoms with Gasteiger partial charge >= 0.3 is 5.97 Å². The van der Waals surface area contributed by atoms with E-state index in [-0.39, 0.29) is 42.2 Å². The molecule has 0 aromatic carbocycles. The number of carbonyl (C=O) groups is 2. The lowest BCUT2D eigenvalue weighted by atomic mass is 10.0. The van der Waals surface area contributed by atoms with Gasteiger partial charge in [-0.05, 0) is 5.92 Å². The molecule has 0 spiro atoms. The van der Waals surface area contributed by atoms with Crippen LogP contribution in [0.4, 0.5) is 0 Å². The molecule has 116 valence electrons. The van der Waals surface area contributed by atoms with Crippen LogP contribution in [0.15, 0.2) is 0 Å². The second kappa shape index (κ2) is 7.58. The third-order valence-corrected chi connectivity index (χ3v) is 5.10. The van der Waals surface area contributed by atoms with E-state index in [4.69, 9.17) is 5.11 Å². The van der Waals surface area contributed by atoms with E-state index in [1.54, 1.807) is 0 Å². The normalized spacial score (nSPS) is 22.9. The number of sulfone groups is 1. The Morgan fingerprint density at radius 1 is 1.45 bits per heavy atom. The van der Waals surface area contributed by atoms with E-state index < -0.39 is 15.8 Å². The van der Waals surface area contributed by atoms with Crippen molar-refractivity contribution in [3.8, 4) is 0 Å². The first kappa shape index (κ1) is 16.9. The number of rotatable bonds is 7. The molecule has 8 heteroatoms. The van der Waals surface area contributed by atoms with Crippen molar-refractivity contribution < 1.29 is 23.1 Å². The summed E-state index contributed by atoms with van der Waals surface area (Å²) in [5.41, 5.74) is 0. The third kappa shape index (κ3) is 6.33. The number of hydrogen-bond acceptors (Lipinski definition) is 5.